The molecule has 3 heteroatoms. The molecular weight excluding hydrogens is 222 g/mol. The van der Waals surface area contributed by atoms with E-state index in [0.29, 0.717) is 10.8 Å². The predicted octanol–water partition coefficient (Wildman–Crippen LogP) is 3.73. The first kappa shape index (κ1) is 11.1. The minimum atomic E-state index is -0.0747. The second kappa shape index (κ2) is 4.22. The van der Waals surface area contributed by atoms with Gasteiger partial charge in [0.25, 0.3) is 0 Å². The van der Waals surface area contributed by atoms with E-state index in [9.17, 15) is 4.79 Å². The molecule has 2 nitrogen and oxygen atoms in total. The predicted molar refractivity (Wildman–Crippen MR) is 65.9 cm³/mol. The average molecular weight is 234 g/mol. The molecule has 1 heterocycles. The van der Waals surface area contributed by atoms with Crippen molar-refractivity contribution < 1.29 is 4.79 Å². The molecule has 0 amide bonds. The lowest BCUT2D eigenvalue weighted by Crippen LogP contribution is -2.10. The maximum absolute atomic E-state index is 12.0. The molecule has 0 aliphatic rings. The standard InChI is InChI=1S/C13H12ClNO/c1-8(2)13(16)12-10-6-4-3-5-9(10)7-11(14)15-12/h3-8H,1-2H3. The zero-order valence-corrected chi connectivity index (χ0v) is 9.95. The van der Waals surface area contributed by atoms with Crippen LogP contribution in [-0.4, -0.2) is 10.8 Å². The van der Waals surface area contributed by atoms with Crippen LogP contribution in [0.5, 0.6) is 0 Å². The Morgan fingerprint density at radius 3 is 2.69 bits per heavy atom. The van der Waals surface area contributed by atoms with Crippen LogP contribution in [-0.2, 0) is 0 Å². The van der Waals surface area contributed by atoms with E-state index in [1.807, 2.05) is 38.1 Å². The first-order chi connectivity index (χ1) is 7.59. The van der Waals surface area contributed by atoms with E-state index >= 15 is 0 Å². The minimum Gasteiger partial charge on any atom is -0.292 e. The lowest BCUT2D eigenvalue weighted by molar-refractivity contribution is 0.0936. The molecule has 0 radical (unpaired) electrons. The first-order valence-electron chi connectivity index (χ1n) is 5.19. The summed E-state index contributed by atoms with van der Waals surface area (Å²) in [5.41, 5.74) is 0.470. The monoisotopic (exact) mass is 233 g/mol. The molecule has 0 spiro atoms. The van der Waals surface area contributed by atoms with E-state index in [1.54, 1.807) is 6.07 Å². The number of nitrogens with zero attached hydrogens (tertiary/aromatic N) is 1. The van der Waals surface area contributed by atoms with Gasteiger partial charge in [-0.05, 0) is 11.5 Å². The van der Waals surface area contributed by atoms with E-state index in [2.05, 4.69) is 4.98 Å². The van der Waals surface area contributed by atoms with Gasteiger partial charge in [-0.15, -0.1) is 0 Å². The lowest BCUT2D eigenvalue weighted by atomic mass is 10.0. The van der Waals surface area contributed by atoms with Crippen LogP contribution < -0.4 is 0 Å². The van der Waals surface area contributed by atoms with Crippen molar-refractivity contribution in [3.63, 3.8) is 0 Å². The van der Waals surface area contributed by atoms with Crippen molar-refractivity contribution >= 4 is 28.2 Å². The molecule has 82 valence electrons. The molecule has 0 fully saturated rings. The molecule has 0 unspecified atom stereocenters. The smallest absolute Gasteiger partial charge is 0.184 e. The van der Waals surface area contributed by atoms with Crippen molar-refractivity contribution in [2.24, 2.45) is 5.92 Å². The van der Waals surface area contributed by atoms with Crippen LogP contribution in [0.15, 0.2) is 30.3 Å². The number of hydrogen-bond donors (Lipinski definition) is 0. The number of halogens is 1. The molecule has 0 aliphatic heterocycles. The van der Waals surface area contributed by atoms with Crippen molar-refractivity contribution in [2.75, 3.05) is 0 Å². The van der Waals surface area contributed by atoms with Gasteiger partial charge in [0.05, 0.1) is 0 Å². The summed E-state index contributed by atoms with van der Waals surface area (Å²) in [4.78, 5) is 16.1. The normalized spacial score (nSPS) is 11.0. The van der Waals surface area contributed by atoms with Gasteiger partial charge in [0.2, 0.25) is 0 Å². The van der Waals surface area contributed by atoms with Gasteiger partial charge in [0.1, 0.15) is 10.8 Å². The van der Waals surface area contributed by atoms with Gasteiger partial charge < -0.3 is 0 Å². The summed E-state index contributed by atoms with van der Waals surface area (Å²) in [5.74, 6) is -0.0481. The summed E-state index contributed by atoms with van der Waals surface area (Å²) in [6, 6.07) is 9.42. The van der Waals surface area contributed by atoms with Crippen LogP contribution in [0.2, 0.25) is 5.15 Å². The number of benzene rings is 1. The Hall–Kier alpha value is -1.41. The summed E-state index contributed by atoms with van der Waals surface area (Å²) in [7, 11) is 0. The van der Waals surface area contributed by atoms with Crippen LogP contribution in [0.25, 0.3) is 10.8 Å². The molecule has 0 atom stereocenters. The van der Waals surface area contributed by atoms with Crippen molar-refractivity contribution in [3.05, 3.63) is 41.2 Å². The van der Waals surface area contributed by atoms with E-state index in [0.717, 1.165) is 10.8 Å². The van der Waals surface area contributed by atoms with Gasteiger partial charge in [-0.1, -0.05) is 49.7 Å². The van der Waals surface area contributed by atoms with Crippen LogP contribution in [0.4, 0.5) is 0 Å². The summed E-state index contributed by atoms with van der Waals surface area (Å²) in [5, 5.41) is 2.18. The van der Waals surface area contributed by atoms with E-state index < -0.39 is 0 Å². The van der Waals surface area contributed by atoms with Crippen molar-refractivity contribution in [3.8, 4) is 0 Å². The third-order valence-corrected chi connectivity index (χ3v) is 2.66. The highest BCUT2D eigenvalue weighted by Gasteiger charge is 2.16. The van der Waals surface area contributed by atoms with Crippen LogP contribution in [0, 0.1) is 5.92 Å². The number of rotatable bonds is 2. The second-order valence-corrected chi connectivity index (χ2v) is 4.42. The number of Topliss-reactive ketones (excluding diaryl/α,β-unsaturated/α-hetero) is 1. The van der Waals surface area contributed by atoms with Crippen molar-refractivity contribution in [2.45, 2.75) is 13.8 Å². The molecule has 0 aliphatic carbocycles. The Morgan fingerprint density at radius 2 is 2.00 bits per heavy atom. The lowest BCUT2D eigenvalue weighted by Gasteiger charge is -2.07. The molecule has 1 aromatic heterocycles. The zero-order chi connectivity index (χ0) is 11.7. The van der Waals surface area contributed by atoms with Gasteiger partial charge in [-0.25, -0.2) is 4.98 Å². The summed E-state index contributed by atoms with van der Waals surface area (Å²) in [6.07, 6.45) is 0. The molecule has 2 rings (SSSR count). The summed E-state index contributed by atoms with van der Waals surface area (Å²) >= 11 is 5.91. The van der Waals surface area contributed by atoms with Crippen LogP contribution >= 0.6 is 11.6 Å². The zero-order valence-electron chi connectivity index (χ0n) is 9.20. The third-order valence-electron chi connectivity index (χ3n) is 2.47. The maximum Gasteiger partial charge on any atom is 0.184 e. The maximum atomic E-state index is 12.0. The fourth-order valence-electron chi connectivity index (χ4n) is 1.63. The number of ketones is 1. The van der Waals surface area contributed by atoms with Gasteiger partial charge in [0.15, 0.2) is 5.78 Å². The van der Waals surface area contributed by atoms with E-state index in [1.165, 1.54) is 0 Å². The average Bonchev–Trinajstić information content (AvgIpc) is 2.26. The quantitative estimate of drug-likeness (QED) is 0.585. The topological polar surface area (TPSA) is 30.0 Å². The number of aromatic nitrogens is 1. The number of pyridine rings is 1. The Balaban J connectivity index is 2.72. The van der Waals surface area contributed by atoms with E-state index in [-0.39, 0.29) is 11.7 Å². The van der Waals surface area contributed by atoms with Gasteiger partial charge in [-0.3, -0.25) is 4.79 Å². The highest BCUT2D eigenvalue weighted by atomic mass is 35.5. The number of carbonyl (C=O) groups is 1. The Kier molecular flexibility index (Phi) is 2.92. The fraction of sp³-hybridized carbons (Fsp3) is 0.231. The molecule has 0 N–H and O–H groups in total. The molecule has 16 heavy (non-hydrogen) atoms. The van der Waals surface area contributed by atoms with Crippen molar-refractivity contribution in [1.29, 1.82) is 0 Å². The molecule has 2 aromatic rings. The Labute approximate surface area is 99.3 Å². The number of fused-ring (bicyclic) bond motifs is 1. The Morgan fingerprint density at radius 1 is 1.31 bits per heavy atom. The van der Waals surface area contributed by atoms with Crippen molar-refractivity contribution in [1.82, 2.24) is 4.98 Å². The van der Waals surface area contributed by atoms with Gasteiger partial charge in [-0.2, -0.15) is 0 Å². The number of hydrogen-bond acceptors (Lipinski definition) is 2. The first-order valence-corrected chi connectivity index (χ1v) is 5.57. The highest BCUT2D eigenvalue weighted by Crippen LogP contribution is 2.22. The molecule has 0 saturated carbocycles. The fourth-order valence-corrected chi connectivity index (χ4v) is 1.83. The van der Waals surface area contributed by atoms with Gasteiger partial charge in [0, 0.05) is 11.3 Å². The Bertz CT molecular complexity index is 549. The SMILES string of the molecule is CC(C)C(=O)c1nc(Cl)cc2ccccc12. The van der Waals surface area contributed by atoms with E-state index in [4.69, 9.17) is 11.6 Å². The molecule has 0 saturated heterocycles. The summed E-state index contributed by atoms with van der Waals surface area (Å²) < 4.78 is 0. The summed E-state index contributed by atoms with van der Waals surface area (Å²) in [6.45, 7) is 3.72. The van der Waals surface area contributed by atoms with Crippen LogP contribution in [0.3, 0.4) is 0 Å². The molecule has 1 aromatic carbocycles. The molecular formula is C13H12ClNO. The highest BCUT2D eigenvalue weighted by molar-refractivity contribution is 6.30. The molecule has 0 bridgehead atoms. The van der Waals surface area contributed by atoms with Gasteiger partial charge >= 0.3 is 0 Å². The number of carbonyl (C=O) groups excluding carboxylic acids is 1. The third kappa shape index (κ3) is 1.93. The largest absolute Gasteiger partial charge is 0.292 e. The minimum absolute atomic E-state index is 0.0266. The van der Waals surface area contributed by atoms with Crippen LogP contribution in [0.1, 0.15) is 24.3 Å². The second-order valence-electron chi connectivity index (χ2n) is 4.03.